The van der Waals surface area contributed by atoms with Gasteiger partial charge < -0.3 is 25.6 Å². The summed E-state index contributed by atoms with van der Waals surface area (Å²) in [6, 6.07) is 9.61. The van der Waals surface area contributed by atoms with Gasteiger partial charge in [0.05, 0.1) is 24.8 Å². The maximum atomic E-state index is 13.7. The molecule has 4 aromatic rings. The molecule has 3 aromatic heterocycles. The molecule has 4 atom stereocenters. The molecule has 1 fully saturated rings. The second-order valence-electron chi connectivity index (χ2n) is 8.98. The Kier molecular flexibility index (Phi) is 6.73. The number of nitrogens with one attached hydrogen (secondary N) is 2. The molecule has 15 heteroatoms. The molecular weight excluding hydrogens is 504 g/mol. The highest BCUT2D eigenvalue weighted by Crippen LogP contribution is 2.33. The van der Waals surface area contributed by atoms with Crippen molar-refractivity contribution >= 4 is 22.9 Å². The van der Waals surface area contributed by atoms with Crippen LogP contribution in [0.2, 0.25) is 0 Å². The molecule has 1 aromatic carbocycles. The molecule has 0 saturated carbocycles. The minimum Gasteiger partial charge on any atom is -0.387 e. The van der Waals surface area contributed by atoms with E-state index in [0.717, 1.165) is 12.5 Å². The number of rotatable bonds is 8. The minimum atomic E-state index is -3.05. The van der Waals surface area contributed by atoms with Gasteiger partial charge in [0, 0.05) is 20.4 Å². The number of aliphatic hydroxyl groups excluding tert-OH is 2. The lowest BCUT2D eigenvalue weighted by molar-refractivity contribution is -0.137. The lowest BCUT2D eigenvalue weighted by Crippen LogP contribution is -2.41. The number of fused-ring (bicyclic) bond motifs is 1. The largest absolute Gasteiger partial charge is 0.387 e. The van der Waals surface area contributed by atoms with E-state index < -0.39 is 42.9 Å². The summed E-state index contributed by atoms with van der Waals surface area (Å²) in [6.07, 6.45) is -2.25. The molecule has 0 spiro atoms. The fourth-order valence-corrected chi connectivity index (χ4v) is 4.09. The van der Waals surface area contributed by atoms with Crippen molar-refractivity contribution in [1.82, 2.24) is 39.8 Å². The Labute approximate surface area is 214 Å². The predicted octanol–water partition coefficient (Wildman–Crippen LogP) is 0.430. The number of imidazole rings is 1. The van der Waals surface area contributed by atoms with Crippen LogP contribution in [0.1, 0.15) is 24.4 Å². The second kappa shape index (κ2) is 10.00. The first-order valence-corrected chi connectivity index (χ1v) is 11.7. The number of amides is 1. The molecule has 200 valence electrons. The summed E-state index contributed by atoms with van der Waals surface area (Å²) in [5.74, 6) is -3.70. The Morgan fingerprint density at radius 2 is 1.95 bits per heavy atom. The van der Waals surface area contributed by atoms with Crippen molar-refractivity contribution in [3.05, 3.63) is 54.1 Å². The Bertz CT molecular complexity index is 1440. The molecule has 13 nitrogen and oxygen atoms in total. The van der Waals surface area contributed by atoms with Gasteiger partial charge in [-0.1, -0.05) is 35.5 Å². The standard InChI is InChI=1S/C23H25F2N9O4/c1-23(24,25)10-27-18-14-19(33(11-28-14)21-16(36)15(35)17(38-21)20(37)26-2)30-22(29-18)34-9-13(31-32-34)8-12-6-4-3-5-7-12/h3-7,9,11,15-17,21,35-36H,8,10H2,1-2H3,(H,26,37)(H,27,29,30)/t15-,16+,17-,21?/m0/s1. The minimum absolute atomic E-state index is 0.0103. The molecule has 1 aliphatic heterocycles. The average Bonchev–Trinajstić information content (AvgIpc) is 3.60. The van der Waals surface area contributed by atoms with E-state index in [2.05, 4.69) is 35.9 Å². The van der Waals surface area contributed by atoms with Crippen LogP contribution in [0.4, 0.5) is 14.6 Å². The van der Waals surface area contributed by atoms with E-state index in [0.29, 0.717) is 12.1 Å². The van der Waals surface area contributed by atoms with Gasteiger partial charge in [0.15, 0.2) is 29.3 Å². The number of carbonyl (C=O) groups is 1. The number of ether oxygens (including phenoxy) is 1. The first-order valence-electron chi connectivity index (χ1n) is 11.7. The summed E-state index contributed by atoms with van der Waals surface area (Å²) in [5.41, 5.74) is 1.83. The molecule has 0 radical (unpaired) electrons. The molecule has 4 N–H and O–H groups in total. The van der Waals surface area contributed by atoms with Gasteiger partial charge in [0.2, 0.25) is 0 Å². The highest BCUT2D eigenvalue weighted by atomic mass is 19.3. The number of halogens is 2. The van der Waals surface area contributed by atoms with Crippen molar-refractivity contribution in [3.63, 3.8) is 0 Å². The second-order valence-corrected chi connectivity index (χ2v) is 8.98. The number of hydrogen-bond acceptors (Lipinski definition) is 10. The van der Waals surface area contributed by atoms with Crippen LogP contribution < -0.4 is 10.6 Å². The Hall–Kier alpha value is -4.08. The van der Waals surface area contributed by atoms with Crippen LogP contribution in [0.15, 0.2) is 42.9 Å². The molecule has 0 aliphatic carbocycles. The summed E-state index contributed by atoms with van der Waals surface area (Å²) < 4.78 is 35.5. The van der Waals surface area contributed by atoms with Gasteiger partial charge in [-0.25, -0.2) is 13.8 Å². The zero-order chi connectivity index (χ0) is 27.0. The number of hydrogen-bond donors (Lipinski definition) is 4. The quantitative estimate of drug-likeness (QED) is 0.252. The molecule has 1 amide bonds. The third-order valence-corrected chi connectivity index (χ3v) is 5.97. The van der Waals surface area contributed by atoms with Crippen molar-refractivity contribution in [2.45, 2.75) is 43.8 Å². The zero-order valence-corrected chi connectivity index (χ0v) is 20.4. The average molecular weight is 530 g/mol. The van der Waals surface area contributed by atoms with Crippen LogP contribution >= 0.6 is 0 Å². The molecule has 38 heavy (non-hydrogen) atoms. The smallest absolute Gasteiger partial charge is 0.262 e. The van der Waals surface area contributed by atoms with E-state index in [9.17, 15) is 23.8 Å². The van der Waals surface area contributed by atoms with E-state index in [-0.39, 0.29) is 22.9 Å². The lowest BCUT2D eigenvalue weighted by Gasteiger charge is -2.17. The number of benzene rings is 1. The van der Waals surface area contributed by atoms with Gasteiger partial charge in [0.25, 0.3) is 17.8 Å². The van der Waals surface area contributed by atoms with Crippen LogP contribution in [0, 0.1) is 0 Å². The van der Waals surface area contributed by atoms with E-state index in [1.807, 2.05) is 30.3 Å². The first kappa shape index (κ1) is 25.6. The van der Waals surface area contributed by atoms with Crippen LogP contribution in [0.5, 0.6) is 0 Å². The van der Waals surface area contributed by atoms with Crippen LogP contribution in [-0.4, -0.2) is 88.5 Å². The Morgan fingerprint density at radius 3 is 2.66 bits per heavy atom. The van der Waals surface area contributed by atoms with Crippen LogP contribution in [0.25, 0.3) is 17.1 Å². The Balaban J connectivity index is 1.54. The SMILES string of the molecule is CNC(=O)[C@H]1OC(n2cnc3c(NCC(C)(F)F)nc(-n4cc(Cc5ccccc5)nn4)nc32)[C@H](O)[C@@H]1O. The summed E-state index contributed by atoms with van der Waals surface area (Å²) in [4.78, 5) is 25.1. The summed E-state index contributed by atoms with van der Waals surface area (Å²) in [5, 5.41) is 34.2. The van der Waals surface area contributed by atoms with Gasteiger partial charge in [-0.3, -0.25) is 9.36 Å². The topological polar surface area (TPSA) is 165 Å². The lowest BCUT2D eigenvalue weighted by atomic mass is 10.1. The fraction of sp³-hybridized carbons (Fsp3) is 0.391. The predicted molar refractivity (Wildman–Crippen MR) is 129 cm³/mol. The zero-order valence-electron chi connectivity index (χ0n) is 20.4. The number of anilines is 1. The maximum Gasteiger partial charge on any atom is 0.262 e. The molecule has 1 aliphatic rings. The van der Waals surface area contributed by atoms with E-state index in [1.54, 1.807) is 6.20 Å². The molecule has 1 unspecified atom stereocenters. The summed E-state index contributed by atoms with van der Waals surface area (Å²) in [6.45, 7) is 0.0241. The number of aliphatic hydroxyl groups is 2. The monoisotopic (exact) mass is 529 g/mol. The van der Waals surface area contributed by atoms with E-state index >= 15 is 0 Å². The van der Waals surface area contributed by atoms with E-state index in [1.165, 1.54) is 22.6 Å². The number of likely N-dealkylation sites (N-methyl/N-ethyl adjacent to an activating group) is 1. The van der Waals surface area contributed by atoms with Crippen molar-refractivity contribution in [2.24, 2.45) is 0 Å². The molecule has 4 heterocycles. The molecular formula is C23H25F2N9O4. The van der Waals surface area contributed by atoms with Crippen molar-refractivity contribution < 1.29 is 28.5 Å². The summed E-state index contributed by atoms with van der Waals surface area (Å²) in [7, 11) is 1.37. The number of nitrogens with zero attached hydrogens (tertiary/aromatic N) is 7. The fourth-order valence-electron chi connectivity index (χ4n) is 4.09. The highest BCUT2D eigenvalue weighted by molar-refractivity contribution is 5.84. The third kappa shape index (κ3) is 5.03. The summed E-state index contributed by atoms with van der Waals surface area (Å²) >= 11 is 0. The Morgan fingerprint density at radius 1 is 1.18 bits per heavy atom. The van der Waals surface area contributed by atoms with Crippen LogP contribution in [0.3, 0.4) is 0 Å². The first-order chi connectivity index (χ1) is 18.1. The molecule has 1 saturated heterocycles. The van der Waals surface area contributed by atoms with Gasteiger partial charge in [-0.05, 0) is 5.56 Å². The van der Waals surface area contributed by atoms with E-state index in [4.69, 9.17) is 4.74 Å². The van der Waals surface area contributed by atoms with Crippen molar-refractivity contribution in [2.75, 3.05) is 18.9 Å². The molecule has 0 bridgehead atoms. The number of alkyl halides is 2. The molecule has 5 rings (SSSR count). The maximum absolute atomic E-state index is 13.7. The number of carbonyl (C=O) groups excluding carboxylic acids is 1. The third-order valence-electron chi connectivity index (χ3n) is 5.97. The van der Waals surface area contributed by atoms with Crippen molar-refractivity contribution in [1.29, 1.82) is 0 Å². The normalized spacial score (nSPS) is 21.6. The van der Waals surface area contributed by atoms with Gasteiger partial charge >= 0.3 is 0 Å². The highest BCUT2D eigenvalue weighted by Gasteiger charge is 2.47. The number of aromatic nitrogens is 7. The van der Waals surface area contributed by atoms with Crippen molar-refractivity contribution in [3.8, 4) is 5.95 Å². The van der Waals surface area contributed by atoms with Gasteiger partial charge in [-0.15, -0.1) is 5.10 Å². The van der Waals surface area contributed by atoms with Crippen LogP contribution in [-0.2, 0) is 16.0 Å². The van der Waals surface area contributed by atoms with Gasteiger partial charge in [-0.2, -0.15) is 14.6 Å². The van der Waals surface area contributed by atoms with Gasteiger partial charge in [0.1, 0.15) is 12.2 Å².